The van der Waals surface area contributed by atoms with E-state index in [2.05, 4.69) is 5.16 Å². The molecule has 0 saturated carbocycles. The van der Waals surface area contributed by atoms with Crippen LogP contribution in [0, 0.1) is 0 Å². The van der Waals surface area contributed by atoms with Crippen LogP contribution in [0.3, 0.4) is 0 Å². The molecule has 0 unspecified atom stereocenters. The summed E-state index contributed by atoms with van der Waals surface area (Å²) in [6.07, 6.45) is 0. The lowest BCUT2D eigenvalue weighted by Gasteiger charge is -2.09. The van der Waals surface area contributed by atoms with Crippen LogP contribution >= 0.6 is 0 Å². The molecule has 2 rings (SSSR count). The van der Waals surface area contributed by atoms with Crippen LogP contribution in [-0.2, 0) is 16.2 Å². The number of carbonyl (C=O) groups excluding carboxylic acids is 1. The van der Waals surface area contributed by atoms with Crippen LogP contribution in [-0.4, -0.2) is 33.0 Å². The molecule has 2 aromatic carbocycles. The Bertz CT molecular complexity index is 770. The van der Waals surface area contributed by atoms with Gasteiger partial charge < -0.3 is 19.0 Å². The van der Waals surface area contributed by atoms with Crippen LogP contribution in [0.4, 0.5) is 0 Å². The number of esters is 1. The number of benzene rings is 2. The Morgan fingerprint density at radius 2 is 1.72 bits per heavy atom. The molecule has 0 saturated heterocycles. The summed E-state index contributed by atoms with van der Waals surface area (Å²) < 4.78 is 15.2. The van der Waals surface area contributed by atoms with Gasteiger partial charge in [-0.1, -0.05) is 17.3 Å². The first kappa shape index (κ1) is 18.3. The molecule has 0 bridgehead atoms. The Morgan fingerprint density at radius 3 is 2.40 bits per heavy atom. The number of carbonyl (C=O) groups is 1. The topological polar surface area (TPSA) is 66.4 Å². The normalized spacial score (nSPS) is 11.0. The molecule has 0 spiro atoms. The van der Waals surface area contributed by atoms with E-state index in [1.165, 1.54) is 7.11 Å². The summed E-state index contributed by atoms with van der Waals surface area (Å²) in [4.78, 5) is 16.9. The second kappa shape index (κ2) is 8.73. The van der Waals surface area contributed by atoms with E-state index in [4.69, 9.17) is 19.0 Å². The largest absolute Gasteiger partial charge is 0.493 e. The summed E-state index contributed by atoms with van der Waals surface area (Å²) in [7, 11) is 4.52. The highest BCUT2D eigenvalue weighted by Gasteiger charge is 2.08. The minimum absolute atomic E-state index is 0.245. The second-order valence-electron chi connectivity index (χ2n) is 5.21. The standard InChI is InChI=1S/C19H21NO5/c1-13(15-8-9-17(22-2)18(11-15)23-3)20-25-12-14-6-5-7-16(10-14)19(21)24-4/h5-11H,12H2,1-4H3. The van der Waals surface area contributed by atoms with E-state index in [9.17, 15) is 4.79 Å². The second-order valence-corrected chi connectivity index (χ2v) is 5.21. The molecular weight excluding hydrogens is 322 g/mol. The van der Waals surface area contributed by atoms with E-state index in [-0.39, 0.29) is 12.6 Å². The molecule has 0 radical (unpaired) electrons. The maximum absolute atomic E-state index is 11.5. The molecule has 0 N–H and O–H groups in total. The molecule has 0 aromatic heterocycles. The molecule has 6 nitrogen and oxygen atoms in total. The number of rotatable bonds is 7. The quantitative estimate of drug-likeness (QED) is 0.438. The zero-order valence-corrected chi connectivity index (χ0v) is 14.7. The number of oxime groups is 1. The summed E-state index contributed by atoms with van der Waals surface area (Å²) >= 11 is 0. The molecule has 0 fully saturated rings. The first-order chi connectivity index (χ1) is 12.1. The fourth-order valence-corrected chi connectivity index (χ4v) is 2.22. The van der Waals surface area contributed by atoms with Gasteiger partial charge >= 0.3 is 5.97 Å². The Labute approximate surface area is 147 Å². The molecule has 0 atom stereocenters. The Morgan fingerprint density at radius 1 is 0.960 bits per heavy atom. The maximum Gasteiger partial charge on any atom is 0.337 e. The lowest BCUT2D eigenvalue weighted by atomic mass is 10.1. The third kappa shape index (κ3) is 4.73. The monoisotopic (exact) mass is 343 g/mol. The fourth-order valence-electron chi connectivity index (χ4n) is 2.22. The number of ether oxygens (including phenoxy) is 3. The lowest BCUT2D eigenvalue weighted by Crippen LogP contribution is -2.02. The minimum Gasteiger partial charge on any atom is -0.493 e. The molecule has 0 heterocycles. The van der Waals surface area contributed by atoms with Gasteiger partial charge in [-0.25, -0.2) is 4.79 Å². The SMILES string of the molecule is COC(=O)c1cccc(CON=C(C)c2ccc(OC)c(OC)c2)c1. The van der Waals surface area contributed by atoms with Gasteiger partial charge in [0.05, 0.1) is 32.6 Å². The first-order valence-corrected chi connectivity index (χ1v) is 7.65. The van der Waals surface area contributed by atoms with Crippen LogP contribution in [0.15, 0.2) is 47.6 Å². The number of hydrogen-bond donors (Lipinski definition) is 0. The minimum atomic E-state index is -0.383. The summed E-state index contributed by atoms with van der Waals surface area (Å²) in [6.45, 7) is 2.08. The molecular formula is C19H21NO5. The highest BCUT2D eigenvalue weighted by molar-refractivity contribution is 5.98. The van der Waals surface area contributed by atoms with Gasteiger partial charge in [-0.3, -0.25) is 0 Å². The lowest BCUT2D eigenvalue weighted by molar-refractivity contribution is 0.0600. The Balaban J connectivity index is 2.06. The zero-order valence-electron chi connectivity index (χ0n) is 14.7. The molecule has 6 heteroatoms. The fraction of sp³-hybridized carbons (Fsp3) is 0.263. The molecule has 0 amide bonds. The van der Waals surface area contributed by atoms with Gasteiger partial charge in [0.2, 0.25) is 0 Å². The zero-order chi connectivity index (χ0) is 18.2. The van der Waals surface area contributed by atoms with Crippen LogP contribution in [0.5, 0.6) is 11.5 Å². The summed E-state index contributed by atoms with van der Waals surface area (Å²) in [6, 6.07) is 12.6. The van der Waals surface area contributed by atoms with E-state index in [0.717, 1.165) is 11.1 Å². The highest BCUT2D eigenvalue weighted by Crippen LogP contribution is 2.27. The van der Waals surface area contributed by atoms with Gasteiger partial charge in [0.25, 0.3) is 0 Å². The third-order valence-electron chi connectivity index (χ3n) is 3.58. The van der Waals surface area contributed by atoms with Crippen molar-refractivity contribution in [2.75, 3.05) is 21.3 Å². The molecule has 132 valence electrons. The van der Waals surface area contributed by atoms with Gasteiger partial charge in [-0.2, -0.15) is 0 Å². The van der Waals surface area contributed by atoms with Crippen LogP contribution in [0.2, 0.25) is 0 Å². The number of nitrogens with zero attached hydrogens (tertiary/aromatic N) is 1. The van der Waals surface area contributed by atoms with Crippen molar-refractivity contribution in [1.29, 1.82) is 0 Å². The van der Waals surface area contributed by atoms with Crippen LogP contribution in [0.25, 0.3) is 0 Å². The number of hydrogen-bond acceptors (Lipinski definition) is 6. The van der Waals surface area contributed by atoms with Crippen molar-refractivity contribution < 1.29 is 23.8 Å². The van der Waals surface area contributed by atoms with Crippen molar-refractivity contribution in [3.05, 3.63) is 59.2 Å². The summed E-state index contributed by atoms with van der Waals surface area (Å²) in [5.74, 6) is 0.895. The molecule has 25 heavy (non-hydrogen) atoms. The highest BCUT2D eigenvalue weighted by atomic mass is 16.6. The Hall–Kier alpha value is -3.02. The average Bonchev–Trinajstić information content (AvgIpc) is 2.66. The van der Waals surface area contributed by atoms with E-state index in [0.29, 0.717) is 22.8 Å². The van der Waals surface area contributed by atoms with Gasteiger partial charge in [0.1, 0.15) is 6.61 Å². The third-order valence-corrected chi connectivity index (χ3v) is 3.58. The van der Waals surface area contributed by atoms with Crippen molar-refractivity contribution in [1.82, 2.24) is 0 Å². The molecule has 0 aliphatic rings. The van der Waals surface area contributed by atoms with E-state index >= 15 is 0 Å². The molecule has 2 aromatic rings. The van der Waals surface area contributed by atoms with Gasteiger partial charge in [0.15, 0.2) is 11.5 Å². The predicted molar refractivity (Wildman–Crippen MR) is 94.3 cm³/mol. The van der Waals surface area contributed by atoms with Crippen LogP contribution in [0.1, 0.15) is 28.4 Å². The first-order valence-electron chi connectivity index (χ1n) is 7.65. The van der Waals surface area contributed by atoms with E-state index in [1.807, 2.05) is 31.2 Å². The smallest absolute Gasteiger partial charge is 0.337 e. The number of methoxy groups -OCH3 is 3. The Kier molecular flexibility index (Phi) is 6.39. The summed E-state index contributed by atoms with van der Waals surface area (Å²) in [5.41, 5.74) is 2.86. The van der Waals surface area contributed by atoms with Gasteiger partial charge in [-0.15, -0.1) is 0 Å². The van der Waals surface area contributed by atoms with Crippen molar-refractivity contribution >= 4 is 11.7 Å². The van der Waals surface area contributed by atoms with E-state index < -0.39 is 0 Å². The van der Waals surface area contributed by atoms with E-state index in [1.54, 1.807) is 32.4 Å². The van der Waals surface area contributed by atoms with Crippen molar-refractivity contribution in [3.8, 4) is 11.5 Å². The van der Waals surface area contributed by atoms with Crippen molar-refractivity contribution in [2.45, 2.75) is 13.5 Å². The molecule has 0 aliphatic carbocycles. The van der Waals surface area contributed by atoms with Gasteiger partial charge in [0, 0.05) is 5.56 Å². The van der Waals surface area contributed by atoms with Crippen molar-refractivity contribution in [3.63, 3.8) is 0 Å². The molecule has 0 aliphatic heterocycles. The maximum atomic E-state index is 11.5. The average molecular weight is 343 g/mol. The predicted octanol–water partition coefficient (Wildman–Crippen LogP) is 3.43. The summed E-state index contributed by atoms with van der Waals surface area (Å²) in [5, 5.41) is 4.12. The van der Waals surface area contributed by atoms with Crippen molar-refractivity contribution in [2.24, 2.45) is 5.16 Å². The van der Waals surface area contributed by atoms with Gasteiger partial charge in [-0.05, 0) is 42.8 Å². The van der Waals surface area contributed by atoms with Crippen LogP contribution < -0.4 is 9.47 Å².